The molecule has 3 aromatic rings. The highest BCUT2D eigenvalue weighted by Gasteiger charge is 2.16. The number of hydrogen-bond acceptors (Lipinski definition) is 3. The molecule has 3 rings (SSSR count). The van der Waals surface area contributed by atoms with Crippen LogP contribution in [0.2, 0.25) is 5.02 Å². The van der Waals surface area contributed by atoms with E-state index in [-0.39, 0.29) is 0 Å². The van der Waals surface area contributed by atoms with Crippen molar-refractivity contribution in [1.82, 2.24) is 15.0 Å². The number of nitrogens with zero attached hydrogens (tertiary/aromatic N) is 3. The number of aromatic nitrogens is 3. The van der Waals surface area contributed by atoms with Crippen LogP contribution in [0.1, 0.15) is 5.69 Å². The standard InChI is InChI=1S/C19H19ClN4/c1-4-9-24(10-5-2)19-16-11-13(3)21-18(16)22-17(23-19)14-7-6-8-15(20)12-14/h4-8,11-12H,1-2,9-10H2,3H3,(H,21,22,23). The number of H-pyrrole nitrogens is 1. The molecule has 0 radical (unpaired) electrons. The number of anilines is 1. The van der Waals surface area contributed by atoms with E-state index in [1.807, 2.05) is 43.3 Å². The molecular formula is C19H19ClN4. The Labute approximate surface area is 146 Å². The molecule has 0 amide bonds. The summed E-state index contributed by atoms with van der Waals surface area (Å²) in [6, 6.07) is 9.62. The van der Waals surface area contributed by atoms with Gasteiger partial charge in [-0.2, -0.15) is 0 Å². The van der Waals surface area contributed by atoms with Gasteiger partial charge in [0.15, 0.2) is 5.82 Å². The summed E-state index contributed by atoms with van der Waals surface area (Å²) in [5.41, 5.74) is 2.74. The molecule has 5 heteroatoms. The Balaban J connectivity index is 2.22. The number of aryl methyl sites for hydroxylation is 1. The lowest BCUT2D eigenvalue weighted by Crippen LogP contribution is -2.24. The lowest BCUT2D eigenvalue weighted by molar-refractivity contribution is 0.930. The van der Waals surface area contributed by atoms with E-state index in [1.54, 1.807) is 0 Å². The number of aromatic amines is 1. The summed E-state index contributed by atoms with van der Waals surface area (Å²) < 4.78 is 0. The first kappa shape index (κ1) is 16.3. The largest absolute Gasteiger partial charge is 0.349 e. The number of fused-ring (bicyclic) bond motifs is 1. The van der Waals surface area contributed by atoms with Crippen LogP contribution in [0, 0.1) is 6.92 Å². The molecule has 1 N–H and O–H groups in total. The Bertz CT molecular complexity index is 888. The zero-order valence-electron chi connectivity index (χ0n) is 13.6. The van der Waals surface area contributed by atoms with Crippen molar-refractivity contribution in [2.24, 2.45) is 0 Å². The molecule has 2 heterocycles. The van der Waals surface area contributed by atoms with E-state index in [2.05, 4.69) is 34.1 Å². The molecule has 0 spiro atoms. The van der Waals surface area contributed by atoms with Gasteiger partial charge in [0.1, 0.15) is 11.5 Å². The van der Waals surface area contributed by atoms with Crippen LogP contribution in [-0.2, 0) is 0 Å². The van der Waals surface area contributed by atoms with Crippen LogP contribution in [0.4, 0.5) is 5.82 Å². The average molecular weight is 339 g/mol. The van der Waals surface area contributed by atoms with Crippen LogP contribution in [0.3, 0.4) is 0 Å². The zero-order chi connectivity index (χ0) is 17.1. The van der Waals surface area contributed by atoms with Crippen molar-refractivity contribution in [3.63, 3.8) is 0 Å². The van der Waals surface area contributed by atoms with Gasteiger partial charge in [0.05, 0.1) is 5.39 Å². The molecule has 0 saturated heterocycles. The van der Waals surface area contributed by atoms with E-state index in [9.17, 15) is 0 Å². The van der Waals surface area contributed by atoms with Crippen molar-refractivity contribution in [2.75, 3.05) is 18.0 Å². The first-order valence-electron chi connectivity index (χ1n) is 7.72. The molecule has 0 bridgehead atoms. The minimum atomic E-state index is 0.639. The summed E-state index contributed by atoms with van der Waals surface area (Å²) in [6.45, 7) is 11.0. The van der Waals surface area contributed by atoms with Gasteiger partial charge >= 0.3 is 0 Å². The zero-order valence-corrected chi connectivity index (χ0v) is 14.3. The van der Waals surface area contributed by atoms with Crippen molar-refractivity contribution >= 4 is 28.5 Å². The van der Waals surface area contributed by atoms with Gasteiger partial charge in [-0.05, 0) is 25.1 Å². The normalized spacial score (nSPS) is 10.8. The molecule has 0 fully saturated rings. The molecule has 0 aliphatic carbocycles. The van der Waals surface area contributed by atoms with Gasteiger partial charge in [-0.15, -0.1) is 13.2 Å². The van der Waals surface area contributed by atoms with Crippen molar-refractivity contribution in [2.45, 2.75) is 6.92 Å². The van der Waals surface area contributed by atoms with E-state index >= 15 is 0 Å². The number of nitrogens with one attached hydrogen (secondary N) is 1. The van der Waals surface area contributed by atoms with E-state index in [4.69, 9.17) is 16.6 Å². The molecule has 122 valence electrons. The Morgan fingerprint density at radius 3 is 2.58 bits per heavy atom. The summed E-state index contributed by atoms with van der Waals surface area (Å²) >= 11 is 6.12. The van der Waals surface area contributed by atoms with E-state index in [1.165, 1.54) is 0 Å². The third-order valence-corrected chi connectivity index (χ3v) is 3.92. The SMILES string of the molecule is C=CCN(CC=C)c1nc(-c2cccc(Cl)c2)nc2[nH]c(C)cc12. The third kappa shape index (κ3) is 3.19. The average Bonchev–Trinajstić information content (AvgIpc) is 2.94. The molecule has 1 aromatic carbocycles. The molecule has 24 heavy (non-hydrogen) atoms. The molecule has 0 unspecified atom stereocenters. The summed E-state index contributed by atoms with van der Waals surface area (Å²) in [5.74, 6) is 1.50. The summed E-state index contributed by atoms with van der Waals surface area (Å²) in [6.07, 6.45) is 3.71. The van der Waals surface area contributed by atoms with Crippen molar-refractivity contribution < 1.29 is 0 Å². The second-order valence-electron chi connectivity index (χ2n) is 5.58. The smallest absolute Gasteiger partial charge is 0.163 e. The molecular weight excluding hydrogens is 320 g/mol. The van der Waals surface area contributed by atoms with Crippen LogP contribution < -0.4 is 4.90 Å². The van der Waals surface area contributed by atoms with Gasteiger partial charge in [0.2, 0.25) is 0 Å². The van der Waals surface area contributed by atoms with Gasteiger partial charge in [0.25, 0.3) is 0 Å². The number of hydrogen-bond donors (Lipinski definition) is 1. The Kier molecular flexibility index (Phi) is 4.67. The van der Waals surface area contributed by atoms with Gasteiger partial charge < -0.3 is 9.88 Å². The number of rotatable bonds is 6. The maximum absolute atomic E-state index is 6.12. The van der Waals surface area contributed by atoms with Gasteiger partial charge in [-0.3, -0.25) is 0 Å². The second kappa shape index (κ2) is 6.89. The minimum Gasteiger partial charge on any atom is -0.349 e. The van der Waals surface area contributed by atoms with Gasteiger partial charge in [-0.25, -0.2) is 9.97 Å². The molecule has 4 nitrogen and oxygen atoms in total. The summed E-state index contributed by atoms with van der Waals surface area (Å²) in [5, 5.41) is 1.65. The topological polar surface area (TPSA) is 44.8 Å². The minimum absolute atomic E-state index is 0.639. The van der Waals surface area contributed by atoms with Crippen molar-refractivity contribution in [3.8, 4) is 11.4 Å². The Morgan fingerprint density at radius 1 is 1.17 bits per heavy atom. The molecule has 0 aliphatic heterocycles. The first-order chi connectivity index (χ1) is 11.6. The Hall–Kier alpha value is -2.59. The predicted octanol–water partition coefficient (Wildman–Crippen LogP) is 4.77. The van der Waals surface area contributed by atoms with E-state index in [0.29, 0.717) is 23.9 Å². The Morgan fingerprint density at radius 2 is 1.92 bits per heavy atom. The molecule has 0 aliphatic rings. The first-order valence-corrected chi connectivity index (χ1v) is 8.10. The molecule has 0 atom stereocenters. The fourth-order valence-corrected chi connectivity index (χ4v) is 2.87. The maximum atomic E-state index is 6.12. The highest BCUT2D eigenvalue weighted by molar-refractivity contribution is 6.30. The van der Waals surface area contributed by atoms with Crippen molar-refractivity contribution in [3.05, 3.63) is 66.4 Å². The number of benzene rings is 1. The lowest BCUT2D eigenvalue weighted by Gasteiger charge is -2.21. The van der Waals surface area contributed by atoms with E-state index < -0.39 is 0 Å². The summed E-state index contributed by atoms with van der Waals surface area (Å²) in [7, 11) is 0. The fourth-order valence-electron chi connectivity index (χ4n) is 2.68. The third-order valence-electron chi connectivity index (χ3n) is 3.68. The maximum Gasteiger partial charge on any atom is 0.163 e. The van der Waals surface area contributed by atoms with Crippen LogP contribution in [-0.4, -0.2) is 28.0 Å². The van der Waals surface area contributed by atoms with Crippen LogP contribution in [0.5, 0.6) is 0 Å². The fraction of sp³-hybridized carbons (Fsp3) is 0.158. The monoisotopic (exact) mass is 338 g/mol. The molecule has 2 aromatic heterocycles. The van der Waals surface area contributed by atoms with Crippen LogP contribution in [0.15, 0.2) is 55.6 Å². The van der Waals surface area contributed by atoms with E-state index in [0.717, 1.165) is 28.1 Å². The highest BCUT2D eigenvalue weighted by atomic mass is 35.5. The van der Waals surface area contributed by atoms with Crippen LogP contribution in [0.25, 0.3) is 22.4 Å². The van der Waals surface area contributed by atoms with Crippen molar-refractivity contribution in [1.29, 1.82) is 0 Å². The highest BCUT2D eigenvalue weighted by Crippen LogP contribution is 2.29. The molecule has 0 saturated carbocycles. The summed E-state index contributed by atoms with van der Waals surface area (Å²) in [4.78, 5) is 14.9. The predicted molar refractivity (Wildman–Crippen MR) is 102 cm³/mol. The van der Waals surface area contributed by atoms with Crippen LogP contribution >= 0.6 is 11.6 Å². The second-order valence-corrected chi connectivity index (χ2v) is 6.01. The van der Waals surface area contributed by atoms with Gasteiger partial charge in [-0.1, -0.05) is 35.9 Å². The quantitative estimate of drug-likeness (QED) is 0.659. The lowest BCUT2D eigenvalue weighted by atomic mass is 10.2. The number of halogens is 1. The van der Waals surface area contributed by atoms with Gasteiger partial charge in [0, 0.05) is 29.4 Å².